The third-order valence-electron chi connectivity index (χ3n) is 4.83. The van der Waals surface area contributed by atoms with Crippen LogP contribution in [-0.4, -0.2) is 53.5 Å². The first kappa shape index (κ1) is 20.6. The van der Waals surface area contributed by atoms with E-state index in [2.05, 4.69) is 21.3 Å². The van der Waals surface area contributed by atoms with Gasteiger partial charge in [-0.25, -0.2) is 4.98 Å². The Morgan fingerprint density at radius 1 is 1.11 bits per heavy atom. The van der Waals surface area contributed by atoms with Crippen LogP contribution in [0.4, 0.5) is 0 Å². The van der Waals surface area contributed by atoms with Gasteiger partial charge in [-0.3, -0.25) is 9.69 Å². The molecule has 2 aromatic carbocycles. The van der Waals surface area contributed by atoms with Gasteiger partial charge in [0.1, 0.15) is 10.8 Å². The lowest BCUT2D eigenvalue weighted by molar-refractivity contribution is -0.135. The van der Waals surface area contributed by atoms with Crippen LogP contribution in [0.3, 0.4) is 0 Å². The zero-order chi connectivity index (χ0) is 18.6. The van der Waals surface area contributed by atoms with E-state index in [1.165, 1.54) is 5.39 Å². The van der Waals surface area contributed by atoms with Crippen LogP contribution in [0.1, 0.15) is 10.7 Å². The predicted molar refractivity (Wildman–Crippen MR) is 115 cm³/mol. The zero-order valence-electron chi connectivity index (χ0n) is 15.8. The number of piperazine rings is 1. The van der Waals surface area contributed by atoms with E-state index in [0.717, 1.165) is 54.6 Å². The van der Waals surface area contributed by atoms with Crippen molar-refractivity contribution in [2.75, 3.05) is 32.8 Å². The first-order chi connectivity index (χ1) is 13.2. The normalized spacial score (nSPS) is 14.7. The van der Waals surface area contributed by atoms with Crippen molar-refractivity contribution in [1.29, 1.82) is 0 Å². The molecule has 7 heteroatoms. The summed E-state index contributed by atoms with van der Waals surface area (Å²) in [5.41, 5.74) is 1.08. The Bertz CT molecular complexity index is 938. The Morgan fingerprint density at radius 3 is 2.57 bits per heavy atom. The van der Waals surface area contributed by atoms with Crippen molar-refractivity contribution < 1.29 is 9.53 Å². The van der Waals surface area contributed by atoms with Crippen LogP contribution in [-0.2, 0) is 11.3 Å². The van der Waals surface area contributed by atoms with Gasteiger partial charge in [0.05, 0.1) is 6.54 Å². The van der Waals surface area contributed by atoms with Gasteiger partial charge in [0, 0.05) is 37.3 Å². The fourth-order valence-electron chi connectivity index (χ4n) is 3.32. The quantitative estimate of drug-likeness (QED) is 0.634. The molecule has 5 nitrogen and oxygen atoms in total. The largest absolute Gasteiger partial charge is 0.484 e. The maximum atomic E-state index is 12.5. The summed E-state index contributed by atoms with van der Waals surface area (Å²) in [5.74, 6) is 0.785. The molecule has 0 aliphatic carbocycles. The number of hydrogen-bond acceptors (Lipinski definition) is 5. The standard InChI is InChI=1S/C21H23N3O2S.ClH/c1-16-15-27-20(22-16)13-23-8-10-24(11-9-23)21(25)14-26-19-7-6-17-4-2-3-5-18(17)12-19;/h2-7,12,15H,8-11,13-14H2,1H3;1H. The van der Waals surface area contributed by atoms with Crippen molar-refractivity contribution in [2.24, 2.45) is 0 Å². The molecule has 1 aliphatic heterocycles. The van der Waals surface area contributed by atoms with Gasteiger partial charge in [0.25, 0.3) is 5.91 Å². The average molecular weight is 418 g/mol. The van der Waals surface area contributed by atoms with Crippen molar-refractivity contribution in [3.05, 3.63) is 58.5 Å². The van der Waals surface area contributed by atoms with Crippen molar-refractivity contribution >= 4 is 40.4 Å². The molecule has 3 aromatic rings. The SMILES string of the molecule is Cc1csc(CN2CCN(C(=O)COc3ccc4ccccc4c3)CC2)n1.Cl. The summed E-state index contributed by atoms with van der Waals surface area (Å²) in [7, 11) is 0. The van der Waals surface area contributed by atoms with Crippen LogP contribution in [0.15, 0.2) is 47.8 Å². The van der Waals surface area contributed by atoms with Gasteiger partial charge in [0.15, 0.2) is 6.61 Å². The van der Waals surface area contributed by atoms with Gasteiger partial charge in [-0.1, -0.05) is 30.3 Å². The number of hydrogen-bond donors (Lipinski definition) is 0. The number of carbonyl (C=O) groups is 1. The van der Waals surface area contributed by atoms with E-state index < -0.39 is 0 Å². The topological polar surface area (TPSA) is 45.7 Å². The number of fused-ring (bicyclic) bond motifs is 1. The number of nitrogens with zero attached hydrogens (tertiary/aromatic N) is 3. The molecule has 1 aromatic heterocycles. The van der Waals surface area contributed by atoms with E-state index in [4.69, 9.17) is 4.74 Å². The third-order valence-corrected chi connectivity index (χ3v) is 5.79. The molecule has 1 saturated heterocycles. The second-order valence-electron chi connectivity index (χ2n) is 6.84. The minimum Gasteiger partial charge on any atom is -0.484 e. The molecule has 2 heterocycles. The minimum atomic E-state index is 0. The van der Waals surface area contributed by atoms with Crippen LogP contribution in [0.5, 0.6) is 5.75 Å². The highest BCUT2D eigenvalue weighted by atomic mass is 35.5. The Kier molecular flexibility index (Phi) is 6.88. The lowest BCUT2D eigenvalue weighted by atomic mass is 10.1. The number of rotatable bonds is 5. The molecular weight excluding hydrogens is 394 g/mol. The first-order valence-corrected chi connectivity index (χ1v) is 10.1. The van der Waals surface area contributed by atoms with Gasteiger partial charge in [-0.15, -0.1) is 23.7 Å². The molecule has 0 saturated carbocycles. The van der Waals surface area contributed by atoms with Gasteiger partial charge < -0.3 is 9.64 Å². The molecule has 0 radical (unpaired) electrons. The number of halogens is 1. The number of ether oxygens (including phenoxy) is 1. The summed E-state index contributed by atoms with van der Waals surface area (Å²) in [6, 6.07) is 14.1. The van der Waals surface area contributed by atoms with Gasteiger partial charge in [0.2, 0.25) is 0 Å². The number of thiazole rings is 1. The zero-order valence-corrected chi connectivity index (χ0v) is 17.5. The molecule has 0 atom stereocenters. The van der Waals surface area contributed by atoms with Gasteiger partial charge in [-0.05, 0) is 29.8 Å². The molecule has 1 aliphatic rings. The number of amides is 1. The summed E-state index contributed by atoms with van der Waals surface area (Å²) >= 11 is 1.70. The fraction of sp³-hybridized carbons (Fsp3) is 0.333. The highest BCUT2D eigenvalue weighted by molar-refractivity contribution is 7.09. The predicted octanol–water partition coefficient (Wildman–Crippen LogP) is 3.75. The molecule has 1 fully saturated rings. The second-order valence-corrected chi connectivity index (χ2v) is 7.78. The molecule has 4 rings (SSSR count). The smallest absolute Gasteiger partial charge is 0.260 e. The lowest BCUT2D eigenvalue weighted by Gasteiger charge is -2.34. The van der Waals surface area contributed by atoms with Crippen molar-refractivity contribution in [2.45, 2.75) is 13.5 Å². The highest BCUT2D eigenvalue weighted by Crippen LogP contribution is 2.20. The number of aryl methyl sites for hydroxylation is 1. The molecule has 148 valence electrons. The van der Waals surface area contributed by atoms with E-state index in [9.17, 15) is 4.79 Å². The summed E-state index contributed by atoms with van der Waals surface area (Å²) < 4.78 is 5.74. The molecule has 0 bridgehead atoms. The van der Waals surface area contributed by atoms with Crippen molar-refractivity contribution in [3.63, 3.8) is 0 Å². The second kappa shape index (κ2) is 9.37. The molecule has 0 spiro atoms. The summed E-state index contributed by atoms with van der Waals surface area (Å²) in [6.45, 7) is 6.21. The monoisotopic (exact) mass is 417 g/mol. The highest BCUT2D eigenvalue weighted by Gasteiger charge is 2.22. The van der Waals surface area contributed by atoms with Crippen LogP contribution in [0.2, 0.25) is 0 Å². The first-order valence-electron chi connectivity index (χ1n) is 9.20. The maximum Gasteiger partial charge on any atom is 0.260 e. The van der Waals surface area contributed by atoms with E-state index >= 15 is 0 Å². The number of benzene rings is 2. The van der Waals surface area contributed by atoms with Gasteiger partial charge in [-0.2, -0.15) is 0 Å². The third kappa shape index (κ3) is 5.01. The Labute approximate surface area is 175 Å². The van der Waals surface area contributed by atoms with E-state index in [-0.39, 0.29) is 24.9 Å². The van der Waals surface area contributed by atoms with Crippen LogP contribution in [0.25, 0.3) is 10.8 Å². The minimum absolute atomic E-state index is 0. The van der Waals surface area contributed by atoms with Crippen molar-refractivity contribution in [3.8, 4) is 5.75 Å². The average Bonchev–Trinajstić information content (AvgIpc) is 3.11. The van der Waals surface area contributed by atoms with E-state index in [1.807, 2.05) is 48.2 Å². The summed E-state index contributed by atoms with van der Waals surface area (Å²) in [4.78, 5) is 21.2. The Balaban J connectivity index is 0.00000225. The maximum absolute atomic E-state index is 12.5. The number of carbonyl (C=O) groups excluding carboxylic acids is 1. The molecule has 28 heavy (non-hydrogen) atoms. The molecule has 1 amide bonds. The Hall–Kier alpha value is -2.15. The van der Waals surface area contributed by atoms with E-state index in [0.29, 0.717) is 0 Å². The van der Waals surface area contributed by atoms with Crippen LogP contribution >= 0.6 is 23.7 Å². The summed E-state index contributed by atoms with van der Waals surface area (Å²) in [5, 5.41) is 5.52. The van der Waals surface area contributed by atoms with Crippen LogP contribution in [0, 0.1) is 6.92 Å². The Morgan fingerprint density at radius 2 is 1.86 bits per heavy atom. The van der Waals surface area contributed by atoms with Gasteiger partial charge >= 0.3 is 0 Å². The van der Waals surface area contributed by atoms with Crippen molar-refractivity contribution in [1.82, 2.24) is 14.8 Å². The molecular formula is C21H24ClN3O2S. The molecule has 0 N–H and O–H groups in total. The van der Waals surface area contributed by atoms with Crippen LogP contribution < -0.4 is 4.74 Å². The molecule has 0 unspecified atom stereocenters. The summed E-state index contributed by atoms with van der Waals surface area (Å²) in [6.07, 6.45) is 0. The fourth-order valence-corrected chi connectivity index (χ4v) is 4.13. The van der Waals surface area contributed by atoms with E-state index in [1.54, 1.807) is 11.3 Å². The number of aromatic nitrogens is 1. The lowest BCUT2D eigenvalue weighted by Crippen LogP contribution is -2.49.